The smallest absolute Gasteiger partial charge is 0.304 e. The van der Waals surface area contributed by atoms with Gasteiger partial charge in [-0.25, -0.2) is 13.4 Å². The van der Waals surface area contributed by atoms with Gasteiger partial charge in [0.1, 0.15) is 15.0 Å². The largest absolute Gasteiger partial charge is 0.744 e. The van der Waals surface area contributed by atoms with E-state index in [9.17, 15) is 40.3 Å². The number of carbonyl (C=O) groups excluding carboxylic acids is 3. The summed E-state index contributed by atoms with van der Waals surface area (Å²) in [5.41, 5.74) is 1.29. The number of benzene rings is 3. The summed E-state index contributed by atoms with van der Waals surface area (Å²) in [6.07, 6.45) is 4.36. The first kappa shape index (κ1) is 38.4. The number of nitrogens with zero attached hydrogens (tertiary/aromatic N) is 1. The minimum Gasteiger partial charge on any atom is -0.744 e. The van der Waals surface area contributed by atoms with Crippen LogP contribution >= 0.6 is 0 Å². The third kappa shape index (κ3) is 6.34. The van der Waals surface area contributed by atoms with Crippen molar-refractivity contribution in [2.45, 2.75) is 93.5 Å². The Kier molecular flexibility index (Phi) is 9.15. The molecule has 55 heavy (non-hydrogen) atoms. The summed E-state index contributed by atoms with van der Waals surface area (Å²) in [5, 5.41) is 6.37. The minimum absolute atomic E-state index is 0.0681. The predicted molar refractivity (Wildman–Crippen MR) is 199 cm³/mol. The molecule has 290 valence electrons. The van der Waals surface area contributed by atoms with Gasteiger partial charge < -0.3 is 19.9 Å². The molecule has 0 fully saturated rings. The highest BCUT2D eigenvalue weighted by molar-refractivity contribution is 7.86. The van der Waals surface area contributed by atoms with E-state index in [1.54, 1.807) is 36.4 Å². The first-order chi connectivity index (χ1) is 25.6. The maximum atomic E-state index is 13.2. The topological polar surface area (TPSA) is 213 Å². The molecule has 0 aliphatic carbocycles. The molecule has 14 nitrogen and oxygen atoms in total. The quantitative estimate of drug-likeness (QED) is 0.103. The number of carbonyl (C=O) groups is 3. The molecule has 4 N–H and O–H groups in total. The second-order valence-corrected chi connectivity index (χ2v) is 18.3. The summed E-state index contributed by atoms with van der Waals surface area (Å²) in [6.45, 7) is 12.1. The van der Waals surface area contributed by atoms with Crippen LogP contribution in [0, 0.1) is 0 Å². The van der Waals surface area contributed by atoms with Gasteiger partial charge in [0.15, 0.2) is 17.5 Å². The van der Waals surface area contributed by atoms with Crippen LogP contribution in [0.2, 0.25) is 0 Å². The molecule has 0 bridgehead atoms. The average molecular weight is 791 g/mol. The minimum atomic E-state index is -5.25. The zero-order valence-corrected chi connectivity index (χ0v) is 32.8. The van der Waals surface area contributed by atoms with Gasteiger partial charge in [0.05, 0.1) is 11.1 Å². The molecule has 0 aromatic heterocycles. The fraction of sp³-hybridized carbons (Fsp3) is 0.385. The number of anilines is 1. The molecule has 0 saturated carbocycles. The molecule has 4 heterocycles. The molecule has 2 atom stereocenters. The van der Waals surface area contributed by atoms with E-state index in [0.29, 0.717) is 60.2 Å². The van der Waals surface area contributed by atoms with Gasteiger partial charge in [-0.05, 0) is 82.3 Å². The number of amides is 3. The molecular formula is C39H42N4O10S2. The van der Waals surface area contributed by atoms with Crippen molar-refractivity contribution in [3.8, 4) is 11.5 Å². The number of rotatable bonds is 10. The number of hydrogen-bond acceptors (Lipinski definition) is 10. The summed E-state index contributed by atoms with van der Waals surface area (Å²) < 4.78 is 82.9. The lowest BCUT2D eigenvalue weighted by Crippen LogP contribution is -2.81. The highest BCUT2D eigenvalue weighted by Crippen LogP contribution is 2.52. The van der Waals surface area contributed by atoms with Gasteiger partial charge in [0.25, 0.3) is 17.7 Å². The lowest BCUT2D eigenvalue weighted by atomic mass is 9.78. The van der Waals surface area contributed by atoms with Gasteiger partial charge in [0.2, 0.25) is 10.3 Å². The lowest BCUT2D eigenvalue weighted by Gasteiger charge is -2.29. The molecule has 3 amide bonds. The van der Waals surface area contributed by atoms with Crippen LogP contribution in [-0.4, -0.2) is 73.7 Å². The van der Waals surface area contributed by atoms with Crippen LogP contribution in [0.25, 0.3) is 5.57 Å². The van der Waals surface area contributed by atoms with Gasteiger partial charge >= 0.3 is 10.1 Å². The maximum absolute atomic E-state index is 13.2. The van der Waals surface area contributed by atoms with Gasteiger partial charge in [0, 0.05) is 64.2 Å². The Bertz CT molecular complexity index is 2580. The highest BCUT2D eigenvalue weighted by atomic mass is 32.2. The zero-order chi connectivity index (χ0) is 40.0. The van der Waals surface area contributed by atoms with E-state index in [-0.39, 0.29) is 63.1 Å². The van der Waals surface area contributed by atoms with E-state index < -0.39 is 40.9 Å². The third-order valence-corrected chi connectivity index (χ3v) is 13.5. The Hall–Kier alpha value is -4.90. The summed E-state index contributed by atoms with van der Waals surface area (Å²) in [6, 6.07) is 9.42. The van der Waals surface area contributed by atoms with Crippen LogP contribution in [0.5, 0.6) is 11.5 Å². The SMILES string of the molecule is CC1Nc2c(cc3c(c2S(=O)(=O)[O-])Oc2c(S(=O)(=O)O)c4c(cc2=C3c2ccc(C(=O)NCCCCCN3C(=O)C=CC3=O)cc2)C(C)(C)C(C)[NH+]=4)C1(C)C. The van der Waals surface area contributed by atoms with E-state index >= 15 is 0 Å². The molecule has 0 radical (unpaired) electrons. The number of ether oxygens (including phenoxy) is 1. The Morgan fingerprint density at radius 2 is 1.58 bits per heavy atom. The fourth-order valence-electron chi connectivity index (χ4n) is 7.78. The highest BCUT2D eigenvalue weighted by Gasteiger charge is 2.46. The zero-order valence-electron chi connectivity index (χ0n) is 31.2. The summed E-state index contributed by atoms with van der Waals surface area (Å²) >= 11 is 0. The second kappa shape index (κ2) is 13.1. The molecule has 0 spiro atoms. The summed E-state index contributed by atoms with van der Waals surface area (Å²) in [4.78, 5) is 39.8. The van der Waals surface area contributed by atoms with Gasteiger partial charge in [-0.1, -0.05) is 26.0 Å². The molecule has 16 heteroatoms. The fourth-order valence-corrected chi connectivity index (χ4v) is 9.39. The van der Waals surface area contributed by atoms with E-state index in [0.717, 1.165) is 0 Å². The van der Waals surface area contributed by atoms with Crippen LogP contribution in [0.4, 0.5) is 5.69 Å². The number of fused-ring (bicyclic) bond motifs is 4. The molecule has 0 saturated heterocycles. The van der Waals surface area contributed by atoms with Crippen LogP contribution in [0.1, 0.15) is 93.4 Å². The Morgan fingerprint density at radius 3 is 2.20 bits per heavy atom. The molecule has 4 aliphatic rings. The summed E-state index contributed by atoms with van der Waals surface area (Å²) in [5.74, 6) is -1.73. The van der Waals surface area contributed by atoms with Gasteiger partial charge in [-0.15, -0.1) is 0 Å². The Labute approximate surface area is 318 Å². The normalized spacial score (nSPS) is 20.3. The van der Waals surface area contributed by atoms with Crippen LogP contribution in [-0.2, 0) is 40.7 Å². The third-order valence-electron chi connectivity index (χ3n) is 11.7. The van der Waals surface area contributed by atoms with E-state index in [1.807, 2.05) is 41.5 Å². The van der Waals surface area contributed by atoms with Crippen molar-refractivity contribution in [1.29, 1.82) is 0 Å². The van der Waals surface area contributed by atoms with Crippen molar-refractivity contribution in [3.63, 3.8) is 0 Å². The monoisotopic (exact) mass is 790 g/mol. The maximum Gasteiger partial charge on any atom is 0.304 e. The molecule has 7 rings (SSSR count). The Balaban J connectivity index is 1.33. The number of imide groups is 1. The molecule has 3 aromatic carbocycles. The van der Waals surface area contributed by atoms with Crippen LogP contribution in [0.15, 0.2) is 58.3 Å². The number of nitrogens with one attached hydrogen (secondary N) is 3. The molecule has 2 unspecified atom stereocenters. The van der Waals surface area contributed by atoms with Gasteiger partial charge in [-0.3, -0.25) is 23.8 Å². The van der Waals surface area contributed by atoms with Crippen molar-refractivity contribution in [2.24, 2.45) is 0 Å². The first-order valence-corrected chi connectivity index (χ1v) is 20.9. The molecule has 3 aromatic rings. The predicted octanol–water partition coefficient (Wildman–Crippen LogP) is 1.49. The van der Waals surface area contributed by atoms with Crippen molar-refractivity contribution < 1.29 is 50.1 Å². The van der Waals surface area contributed by atoms with Crippen molar-refractivity contribution in [3.05, 3.63) is 86.9 Å². The van der Waals surface area contributed by atoms with E-state index in [1.165, 1.54) is 17.1 Å². The van der Waals surface area contributed by atoms with Crippen LogP contribution < -0.4 is 30.9 Å². The standard InChI is InChI=1S/C39H42N4O10S2/c1-20-38(3,4)26-18-24-30(22-10-12-23(13-11-22)37(46)40-16-8-7-9-17-43-28(44)14-15-29(43)45)25-19-27-32(42-21(2)39(27,5)6)36(55(50,51)52)34(25)53-33(24)35(31(26)41-20)54(47,48)49/h10-15,18-21,41H,7-9,16-17H2,1-6H3,(H,40,46)(H,47,48,49)(H,50,51,52). The molecule has 4 aliphatic heterocycles. The second-order valence-electron chi connectivity index (χ2n) is 15.6. The van der Waals surface area contributed by atoms with Crippen molar-refractivity contribution in [2.75, 3.05) is 18.4 Å². The summed E-state index contributed by atoms with van der Waals surface area (Å²) in [7, 11) is -10.3. The number of unbranched alkanes of at least 4 members (excludes halogenated alkanes) is 2. The van der Waals surface area contributed by atoms with Crippen molar-refractivity contribution in [1.82, 2.24) is 10.2 Å². The molecular weight excluding hydrogens is 749 g/mol. The van der Waals surface area contributed by atoms with Crippen molar-refractivity contribution >= 4 is 49.2 Å². The van der Waals surface area contributed by atoms with Crippen LogP contribution in [0.3, 0.4) is 0 Å². The number of hydrogen-bond donors (Lipinski definition) is 4. The van der Waals surface area contributed by atoms with E-state index in [4.69, 9.17) is 4.74 Å². The van der Waals surface area contributed by atoms with Gasteiger partial charge in [-0.2, -0.15) is 8.42 Å². The Morgan fingerprint density at radius 1 is 0.927 bits per heavy atom. The lowest BCUT2D eigenvalue weighted by molar-refractivity contribution is -0.539. The average Bonchev–Trinajstić information content (AvgIpc) is 3.62. The van der Waals surface area contributed by atoms with E-state index in [2.05, 4.69) is 15.6 Å². The first-order valence-electron chi connectivity index (χ1n) is 18.0.